The molecule has 0 radical (unpaired) electrons. The third-order valence-corrected chi connectivity index (χ3v) is 6.18. The van der Waals surface area contributed by atoms with Crippen LogP contribution in [0.25, 0.3) is 0 Å². The van der Waals surface area contributed by atoms with E-state index < -0.39 is 0 Å². The Balaban J connectivity index is 1.65. The Hall–Kier alpha value is -1.89. The molecule has 3 heterocycles. The number of fused-ring (bicyclic) bond motifs is 2. The molecule has 4 rings (SSSR count). The zero-order valence-corrected chi connectivity index (χ0v) is 17.2. The molecule has 0 spiro atoms. The fourth-order valence-electron chi connectivity index (χ4n) is 3.67. The maximum Gasteiger partial charge on any atom is 0.139 e. The summed E-state index contributed by atoms with van der Waals surface area (Å²) in [7, 11) is 2.20. The van der Waals surface area contributed by atoms with Gasteiger partial charge in [-0.2, -0.15) is 0 Å². The third kappa shape index (κ3) is 3.88. The Labute approximate surface area is 165 Å². The van der Waals surface area contributed by atoms with Crippen molar-refractivity contribution in [2.45, 2.75) is 26.3 Å². The highest BCUT2D eigenvalue weighted by Crippen LogP contribution is 2.39. The summed E-state index contributed by atoms with van der Waals surface area (Å²) in [4.78, 5) is 11.3. The summed E-state index contributed by atoms with van der Waals surface area (Å²) in [6.07, 6.45) is 1.06. The fourth-order valence-corrected chi connectivity index (χ4v) is 4.59. The van der Waals surface area contributed by atoms with Gasteiger partial charge in [0.05, 0.1) is 29.6 Å². The van der Waals surface area contributed by atoms with E-state index in [1.807, 2.05) is 0 Å². The summed E-state index contributed by atoms with van der Waals surface area (Å²) < 4.78 is 5.86. The van der Waals surface area contributed by atoms with Gasteiger partial charge in [0.1, 0.15) is 10.8 Å². The monoisotopic (exact) mass is 384 g/mol. The van der Waals surface area contributed by atoms with E-state index in [2.05, 4.69) is 66.3 Å². The predicted octanol–water partition coefficient (Wildman–Crippen LogP) is 4.23. The number of likely N-dealkylation sites (N-methyl/N-ethyl adjacent to an activating group) is 1. The van der Waals surface area contributed by atoms with Gasteiger partial charge in [-0.15, -0.1) is 11.3 Å². The van der Waals surface area contributed by atoms with E-state index in [-0.39, 0.29) is 0 Å². The van der Waals surface area contributed by atoms with Gasteiger partial charge in [0.2, 0.25) is 0 Å². The third-order valence-electron chi connectivity index (χ3n) is 5.21. The molecule has 6 heteroatoms. The van der Waals surface area contributed by atoms with E-state index in [1.165, 1.54) is 15.4 Å². The Morgan fingerprint density at radius 1 is 1.30 bits per heavy atom. The summed E-state index contributed by atoms with van der Waals surface area (Å²) in [6, 6.07) is 11.0. The van der Waals surface area contributed by atoms with Crippen LogP contribution < -0.4 is 5.32 Å². The summed E-state index contributed by atoms with van der Waals surface area (Å²) in [5, 5.41) is 4.79. The number of aliphatic imine (C=N–C) groups is 1. The molecule has 2 aromatic rings. The molecule has 2 aliphatic heterocycles. The first-order valence-corrected chi connectivity index (χ1v) is 10.6. The molecule has 0 saturated carbocycles. The highest BCUT2D eigenvalue weighted by Gasteiger charge is 2.30. The van der Waals surface area contributed by atoms with Crippen LogP contribution in [0.2, 0.25) is 0 Å². The van der Waals surface area contributed by atoms with Crippen molar-refractivity contribution in [2.24, 2.45) is 4.99 Å². The fraction of sp³-hybridized carbons (Fsp3) is 0.476. The zero-order valence-electron chi connectivity index (χ0n) is 16.4. The summed E-state index contributed by atoms with van der Waals surface area (Å²) >= 11 is 1.80. The quantitative estimate of drug-likeness (QED) is 0.801. The second-order valence-electron chi connectivity index (χ2n) is 7.33. The Morgan fingerprint density at radius 3 is 3.00 bits per heavy atom. The second-order valence-corrected chi connectivity index (χ2v) is 8.59. The first kappa shape index (κ1) is 18.5. The number of anilines is 2. The number of amidine groups is 1. The molecule has 27 heavy (non-hydrogen) atoms. The van der Waals surface area contributed by atoms with Gasteiger partial charge < -0.3 is 15.0 Å². The summed E-state index contributed by atoms with van der Waals surface area (Å²) in [5.41, 5.74) is 3.30. The Kier molecular flexibility index (Phi) is 5.48. The Morgan fingerprint density at radius 2 is 2.15 bits per heavy atom. The number of nitrogens with one attached hydrogen (secondary N) is 1. The topological polar surface area (TPSA) is 40.1 Å². The Bertz CT molecular complexity index is 831. The van der Waals surface area contributed by atoms with Crippen LogP contribution >= 0.6 is 11.3 Å². The molecule has 1 fully saturated rings. The van der Waals surface area contributed by atoms with Crippen LogP contribution in [0.1, 0.15) is 23.8 Å². The molecule has 1 aromatic heterocycles. The van der Waals surface area contributed by atoms with Crippen LogP contribution in [-0.2, 0) is 4.74 Å². The molecular formula is C21H28N4OS. The lowest BCUT2D eigenvalue weighted by Crippen LogP contribution is -2.55. The number of piperazine rings is 1. The minimum absolute atomic E-state index is 0.391. The number of hydrogen-bond acceptors (Lipinski definition) is 6. The van der Waals surface area contributed by atoms with Crippen LogP contribution in [0.5, 0.6) is 0 Å². The number of aryl methyl sites for hydroxylation is 1. The molecule has 144 valence electrons. The number of nitrogens with zero attached hydrogens (tertiary/aromatic N) is 3. The highest BCUT2D eigenvalue weighted by molar-refractivity contribution is 7.16. The lowest BCUT2D eigenvalue weighted by atomic mass is 10.1. The van der Waals surface area contributed by atoms with Gasteiger partial charge in [0.25, 0.3) is 0 Å². The van der Waals surface area contributed by atoms with E-state index >= 15 is 0 Å². The van der Waals surface area contributed by atoms with Gasteiger partial charge in [-0.3, -0.25) is 4.90 Å². The molecule has 0 amide bonds. The second kappa shape index (κ2) is 8.00. The predicted molar refractivity (Wildman–Crippen MR) is 114 cm³/mol. The van der Waals surface area contributed by atoms with Gasteiger partial charge in [-0.05, 0) is 38.6 Å². The van der Waals surface area contributed by atoms with Gasteiger partial charge >= 0.3 is 0 Å². The molecule has 0 bridgehead atoms. The molecule has 1 saturated heterocycles. The lowest BCUT2D eigenvalue weighted by Gasteiger charge is -2.40. The van der Waals surface area contributed by atoms with Crippen molar-refractivity contribution in [1.82, 2.24) is 9.80 Å². The molecule has 1 atom stereocenters. The molecule has 1 unspecified atom stereocenters. The van der Waals surface area contributed by atoms with Gasteiger partial charge in [0.15, 0.2) is 0 Å². The zero-order chi connectivity index (χ0) is 18.8. The first-order chi connectivity index (χ1) is 13.2. The first-order valence-electron chi connectivity index (χ1n) is 9.74. The van der Waals surface area contributed by atoms with Gasteiger partial charge in [-0.25, -0.2) is 4.99 Å². The smallest absolute Gasteiger partial charge is 0.139 e. The minimum atomic E-state index is 0.391. The standard InChI is InChI=1S/C21H28N4OS/c1-4-11-26-14-16-13-25(10-9-24(16)3)20-17-12-15(2)27-21(17)23-19-8-6-5-7-18(19)22-20/h5-8,12,16,23H,4,9-11,13-14H2,1-3H3. The lowest BCUT2D eigenvalue weighted by molar-refractivity contribution is 0.0402. The van der Waals surface area contributed by atoms with Crippen molar-refractivity contribution in [3.63, 3.8) is 0 Å². The van der Waals surface area contributed by atoms with Gasteiger partial charge in [0, 0.05) is 31.1 Å². The van der Waals surface area contributed by atoms with Gasteiger partial charge in [-0.1, -0.05) is 19.1 Å². The van der Waals surface area contributed by atoms with E-state index in [0.29, 0.717) is 6.04 Å². The van der Waals surface area contributed by atoms with E-state index in [0.717, 1.165) is 56.5 Å². The SMILES string of the molecule is CCCOCC1CN(C2=Nc3ccccc3Nc3sc(C)cc32)CCN1C. The van der Waals surface area contributed by atoms with Crippen molar-refractivity contribution in [3.05, 3.63) is 40.8 Å². The number of rotatable bonds is 4. The maximum atomic E-state index is 5.86. The molecule has 5 nitrogen and oxygen atoms in total. The molecule has 0 aliphatic carbocycles. The molecular weight excluding hydrogens is 356 g/mol. The largest absolute Gasteiger partial charge is 0.380 e. The van der Waals surface area contributed by atoms with E-state index in [9.17, 15) is 0 Å². The molecule has 1 aromatic carbocycles. The van der Waals surface area contributed by atoms with Crippen molar-refractivity contribution in [1.29, 1.82) is 0 Å². The van der Waals surface area contributed by atoms with Crippen LogP contribution in [0.15, 0.2) is 35.3 Å². The van der Waals surface area contributed by atoms with Crippen LogP contribution in [0, 0.1) is 6.92 Å². The van der Waals surface area contributed by atoms with E-state index in [1.54, 1.807) is 11.3 Å². The number of thiophene rings is 1. The number of hydrogen-bond donors (Lipinski definition) is 1. The minimum Gasteiger partial charge on any atom is -0.380 e. The molecule has 1 N–H and O–H groups in total. The number of para-hydroxylation sites is 2. The number of benzene rings is 1. The van der Waals surface area contributed by atoms with E-state index in [4.69, 9.17) is 9.73 Å². The normalized spacial score (nSPS) is 19.7. The van der Waals surface area contributed by atoms with Crippen molar-refractivity contribution in [3.8, 4) is 0 Å². The average Bonchev–Trinajstić information content (AvgIpc) is 2.95. The van der Waals surface area contributed by atoms with Crippen LogP contribution in [-0.4, -0.2) is 61.6 Å². The van der Waals surface area contributed by atoms with Crippen molar-refractivity contribution < 1.29 is 4.74 Å². The molecule has 2 aliphatic rings. The summed E-state index contributed by atoms with van der Waals surface area (Å²) in [6.45, 7) is 8.87. The maximum absolute atomic E-state index is 5.86. The van der Waals surface area contributed by atoms with Crippen LogP contribution in [0.3, 0.4) is 0 Å². The van der Waals surface area contributed by atoms with Crippen LogP contribution in [0.4, 0.5) is 16.4 Å². The van der Waals surface area contributed by atoms with Crippen molar-refractivity contribution >= 4 is 33.5 Å². The average molecular weight is 385 g/mol. The highest BCUT2D eigenvalue weighted by atomic mass is 32.1. The summed E-state index contributed by atoms with van der Waals surface area (Å²) in [5.74, 6) is 1.08. The van der Waals surface area contributed by atoms with Crippen molar-refractivity contribution in [2.75, 3.05) is 45.2 Å². The number of ether oxygens (including phenoxy) is 1.